The predicted molar refractivity (Wildman–Crippen MR) is 96.7 cm³/mol. The standard InChI is InChI=1S/C17H19ClN2O5/c1-22-13-6-5-10(7-16(13)25-4)19-17(21)20-12-9-14(23-2)11(18)8-15(12)24-3/h5-9H,1-4H3,(H2,19,20,21). The highest BCUT2D eigenvalue weighted by Gasteiger charge is 2.13. The maximum absolute atomic E-state index is 12.3. The normalized spacial score (nSPS) is 9.96. The molecule has 8 heteroatoms. The van der Waals surface area contributed by atoms with Crippen molar-refractivity contribution in [1.29, 1.82) is 0 Å². The molecule has 2 aromatic rings. The molecule has 2 amide bonds. The number of benzene rings is 2. The molecule has 0 heterocycles. The van der Waals surface area contributed by atoms with Crippen molar-refractivity contribution in [2.45, 2.75) is 0 Å². The first-order valence-electron chi connectivity index (χ1n) is 7.24. The molecule has 0 fully saturated rings. The number of rotatable bonds is 6. The summed E-state index contributed by atoms with van der Waals surface area (Å²) < 4.78 is 20.7. The van der Waals surface area contributed by atoms with Gasteiger partial charge in [-0.1, -0.05) is 11.6 Å². The van der Waals surface area contributed by atoms with Crippen LogP contribution in [0.5, 0.6) is 23.0 Å². The molecule has 0 spiro atoms. The molecule has 0 aliphatic carbocycles. The number of ether oxygens (including phenoxy) is 4. The molecule has 0 bridgehead atoms. The second-order valence-corrected chi connectivity index (χ2v) is 5.24. The molecule has 7 nitrogen and oxygen atoms in total. The largest absolute Gasteiger partial charge is 0.495 e. The van der Waals surface area contributed by atoms with Crippen molar-refractivity contribution in [3.63, 3.8) is 0 Å². The third kappa shape index (κ3) is 4.39. The van der Waals surface area contributed by atoms with Crippen LogP contribution in [0, 0.1) is 0 Å². The number of hydrogen-bond donors (Lipinski definition) is 2. The highest BCUT2D eigenvalue weighted by molar-refractivity contribution is 6.32. The lowest BCUT2D eigenvalue weighted by atomic mass is 10.2. The van der Waals surface area contributed by atoms with E-state index < -0.39 is 6.03 Å². The second-order valence-electron chi connectivity index (χ2n) is 4.84. The lowest BCUT2D eigenvalue weighted by Gasteiger charge is -2.14. The number of anilines is 2. The average Bonchev–Trinajstić information content (AvgIpc) is 2.62. The summed E-state index contributed by atoms with van der Waals surface area (Å²) in [6.07, 6.45) is 0. The molecule has 2 N–H and O–H groups in total. The van der Waals surface area contributed by atoms with Gasteiger partial charge in [0.1, 0.15) is 11.5 Å². The van der Waals surface area contributed by atoms with Gasteiger partial charge in [-0.15, -0.1) is 0 Å². The van der Waals surface area contributed by atoms with Crippen molar-refractivity contribution in [2.75, 3.05) is 39.1 Å². The summed E-state index contributed by atoms with van der Waals surface area (Å²) in [5, 5.41) is 5.78. The molecular formula is C17H19ClN2O5. The van der Waals surface area contributed by atoms with Crippen molar-refractivity contribution in [3.8, 4) is 23.0 Å². The Morgan fingerprint density at radius 1 is 0.800 bits per heavy atom. The van der Waals surface area contributed by atoms with Gasteiger partial charge in [-0.05, 0) is 12.1 Å². The van der Waals surface area contributed by atoms with E-state index in [1.165, 1.54) is 28.4 Å². The third-order valence-corrected chi connectivity index (χ3v) is 3.66. The highest BCUT2D eigenvalue weighted by Crippen LogP contribution is 2.36. The van der Waals surface area contributed by atoms with E-state index in [0.29, 0.717) is 39.4 Å². The zero-order valence-corrected chi connectivity index (χ0v) is 15.1. The fraction of sp³-hybridized carbons (Fsp3) is 0.235. The van der Waals surface area contributed by atoms with E-state index in [4.69, 9.17) is 30.5 Å². The quantitative estimate of drug-likeness (QED) is 0.807. The molecule has 25 heavy (non-hydrogen) atoms. The van der Waals surface area contributed by atoms with Crippen LogP contribution < -0.4 is 29.6 Å². The van der Waals surface area contributed by atoms with Crippen molar-refractivity contribution >= 4 is 29.0 Å². The lowest BCUT2D eigenvalue weighted by molar-refractivity contribution is 0.262. The molecule has 0 aliphatic rings. The summed E-state index contributed by atoms with van der Waals surface area (Å²) in [7, 11) is 6.03. The molecule has 0 saturated carbocycles. The SMILES string of the molecule is COc1cc(NC(=O)Nc2ccc(OC)c(OC)c2)c(OC)cc1Cl. The predicted octanol–water partition coefficient (Wildman–Crippen LogP) is 4.02. The minimum Gasteiger partial charge on any atom is -0.495 e. The van der Waals surface area contributed by atoms with Crippen LogP contribution >= 0.6 is 11.6 Å². The van der Waals surface area contributed by atoms with Crippen LogP contribution in [0.1, 0.15) is 0 Å². The maximum atomic E-state index is 12.3. The Bertz CT molecular complexity index is 767. The van der Waals surface area contributed by atoms with Crippen molar-refractivity contribution in [2.24, 2.45) is 0 Å². The van der Waals surface area contributed by atoms with Crippen LogP contribution in [0.15, 0.2) is 30.3 Å². The third-order valence-electron chi connectivity index (χ3n) is 3.36. The van der Waals surface area contributed by atoms with Crippen molar-refractivity contribution < 1.29 is 23.7 Å². The molecule has 0 atom stereocenters. The minimum atomic E-state index is -0.463. The number of urea groups is 1. The summed E-state index contributed by atoms with van der Waals surface area (Å²) in [4.78, 5) is 12.3. The first-order valence-corrected chi connectivity index (χ1v) is 7.61. The fourth-order valence-corrected chi connectivity index (χ4v) is 2.39. The lowest BCUT2D eigenvalue weighted by Crippen LogP contribution is -2.20. The van der Waals surface area contributed by atoms with E-state index in [1.807, 2.05) is 0 Å². The molecule has 0 saturated heterocycles. The Morgan fingerprint density at radius 3 is 2.04 bits per heavy atom. The monoisotopic (exact) mass is 366 g/mol. The smallest absolute Gasteiger partial charge is 0.323 e. The van der Waals surface area contributed by atoms with Crippen LogP contribution in [0.4, 0.5) is 16.2 Å². The van der Waals surface area contributed by atoms with Gasteiger partial charge in [0.15, 0.2) is 11.5 Å². The van der Waals surface area contributed by atoms with E-state index in [2.05, 4.69) is 10.6 Å². The van der Waals surface area contributed by atoms with Crippen molar-refractivity contribution in [3.05, 3.63) is 35.4 Å². The van der Waals surface area contributed by atoms with Gasteiger partial charge in [-0.3, -0.25) is 0 Å². The zero-order chi connectivity index (χ0) is 18.4. The maximum Gasteiger partial charge on any atom is 0.323 e. The van der Waals surface area contributed by atoms with Gasteiger partial charge in [0.25, 0.3) is 0 Å². The summed E-state index contributed by atoms with van der Waals surface area (Å²) in [5.41, 5.74) is 0.955. The van der Waals surface area contributed by atoms with Gasteiger partial charge >= 0.3 is 6.03 Å². The van der Waals surface area contributed by atoms with Crippen LogP contribution in [0.3, 0.4) is 0 Å². The van der Waals surface area contributed by atoms with Gasteiger partial charge in [0.2, 0.25) is 0 Å². The van der Waals surface area contributed by atoms with Crippen LogP contribution in [-0.2, 0) is 0 Å². The van der Waals surface area contributed by atoms with E-state index >= 15 is 0 Å². The number of halogens is 1. The van der Waals surface area contributed by atoms with Gasteiger partial charge < -0.3 is 29.6 Å². The number of nitrogens with one attached hydrogen (secondary N) is 2. The Morgan fingerprint density at radius 2 is 1.44 bits per heavy atom. The zero-order valence-electron chi connectivity index (χ0n) is 14.3. The van der Waals surface area contributed by atoms with Gasteiger partial charge in [-0.25, -0.2) is 4.79 Å². The molecule has 2 aromatic carbocycles. The van der Waals surface area contributed by atoms with E-state index in [9.17, 15) is 4.79 Å². The van der Waals surface area contributed by atoms with E-state index in [0.717, 1.165) is 0 Å². The molecule has 0 aliphatic heterocycles. The number of amides is 2. The molecule has 0 aromatic heterocycles. The Kier molecular flexibility index (Phi) is 6.19. The Labute approximate surface area is 150 Å². The number of methoxy groups -OCH3 is 4. The molecule has 0 unspecified atom stereocenters. The van der Waals surface area contributed by atoms with E-state index in [1.54, 1.807) is 30.3 Å². The molecular weight excluding hydrogens is 348 g/mol. The van der Waals surface area contributed by atoms with Gasteiger partial charge in [0.05, 0.1) is 39.1 Å². The topological polar surface area (TPSA) is 78.1 Å². The highest BCUT2D eigenvalue weighted by atomic mass is 35.5. The number of hydrogen-bond acceptors (Lipinski definition) is 5. The van der Waals surface area contributed by atoms with Crippen LogP contribution in [0.2, 0.25) is 5.02 Å². The summed E-state index contributed by atoms with van der Waals surface area (Å²) >= 11 is 6.05. The second kappa shape index (κ2) is 8.34. The number of carbonyl (C=O) groups excluding carboxylic acids is 1. The first kappa shape index (κ1) is 18.5. The first-order chi connectivity index (χ1) is 12.0. The summed E-state index contributed by atoms with van der Waals surface area (Å²) in [6.45, 7) is 0. The minimum absolute atomic E-state index is 0.380. The summed E-state index contributed by atoms with van der Waals surface area (Å²) in [6, 6.07) is 7.72. The molecule has 0 radical (unpaired) electrons. The average molecular weight is 367 g/mol. The Hall–Kier alpha value is -2.80. The van der Waals surface area contributed by atoms with Crippen molar-refractivity contribution in [1.82, 2.24) is 0 Å². The van der Waals surface area contributed by atoms with Gasteiger partial charge in [0, 0.05) is 23.9 Å². The van der Waals surface area contributed by atoms with E-state index in [-0.39, 0.29) is 0 Å². The van der Waals surface area contributed by atoms with Crippen LogP contribution in [0.25, 0.3) is 0 Å². The fourth-order valence-electron chi connectivity index (χ4n) is 2.16. The Balaban J connectivity index is 2.17. The number of carbonyl (C=O) groups is 1. The van der Waals surface area contributed by atoms with Gasteiger partial charge in [-0.2, -0.15) is 0 Å². The van der Waals surface area contributed by atoms with Crippen LogP contribution in [-0.4, -0.2) is 34.5 Å². The summed E-state index contributed by atoms with van der Waals surface area (Å²) in [5.74, 6) is 1.90. The molecule has 134 valence electrons. The molecule has 2 rings (SSSR count).